The number of hydrogen-bond donors (Lipinski definition) is 1. The van der Waals surface area contributed by atoms with E-state index in [1.807, 2.05) is 12.1 Å². The van der Waals surface area contributed by atoms with Gasteiger partial charge < -0.3 is 9.55 Å². The summed E-state index contributed by atoms with van der Waals surface area (Å²) in [6.45, 7) is 2.22. The van der Waals surface area contributed by atoms with Gasteiger partial charge in [-0.2, -0.15) is 5.26 Å². The standard InChI is InChI=1S/C14H15N3S/c1-2-14(7-4-8-14)17-11-6-3-5-10(9-15)12(11)16-13(17)18/h3,5-6H,2,4,7-8H2,1H3,(H,16,18). The Bertz CT molecular complexity index is 692. The van der Waals surface area contributed by atoms with Crippen LogP contribution < -0.4 is 0 Å². The molecule has 18 heavy (non-hydrogen) atoms. The Morgan fingerprint density at radius 2 is 2.28 bits per heavy atom. The van der Waals surface area contributed by atoms with Crippen molar-refractivity contribution in [1.82, 2.24) is 9.55 Å². The van der Waals surface area contributed by atoms with Crippen molar-refractivity contribution >= 4 is 23.3 Å². The molecular formula is C14H15N3S. The van der Waals surface area contributed by atoms with Crippen LogP contribution in [0, 0.1) is 16.1 Å². The predicted octanol–water partition coefficient (Wildman–Crippen LogP) is 3.86. The summed E-state index contributed by atoms with van der Waals surface area (Å²) in [6, 6.07) is 8.04. The number of fused-ring (bicyclic) bond motifs is 1. The van der Waals surface area contributed by atoms with Crippen LogP contribution in [0.3, 0.4) is 0 Å². The number of para-hydroxylation sites is 1. The van der Waals surface area contributed by atoms with E-state index < -0.39 is 0 Å². The van der Waals surface area contributed by atoms with Crippen molar-refractivity contribution in [3.05, 3.63) is 28.5 Å². The molecule has 4 heteroatoms. The summed E-state index contributed by atoms with van der Waals surface area (Å²) in [5.74, 6) is 0. The minimum atomic E-state index is 0.170. The summed E-state index contributed by atoms with van der Waals surface area (Å²) in [5.41, 5.74) is 2.79. The van der Waals surface area contributed by atoms with Gasteiger partial charge in [0, 0.05) is 5.54 Å². The molecule has 1 aromatic carbocycles. The maximum Gasteiger partial charge on any atom is 0.178 e. The van der Waals surface area contributed by atoms with Gasteiger partial charge in [0.1, 0.15) is 6.07 Å². The molecule has 0 bridgehead atoms. The molecule has 1 heterocycles. The monoisotopic (exact) mass is 257 g/mol. The lowest BCUT2D eigenvalue weighted by Crippen LogP contribution is -2.39. The summed E-state index contributed by atoms with van der Waals surface area (Å²) >= 11 is 5.47. The number of nitrogens with one attached hydrogen (secondary N) is 1. The molecule has 3 rings (SSSR count). The number of aromatic nitrogens is 2. The van der Waals surface area contributed by atoms with Crippen molar-refractivity contribution in [2.45, 2.75) is 38.1 Å². The first-order chi connectivity index (χ1) is 8.72. The molecule has 0 saturated heterocycles. The number of benzene rings is 1. The van der Waals surface area contributed by atoms with Crippen LogP contribution in [0.4, 0.5) is 0 Å². The summed E-state index contributed by atoms with van der Waals surface area (Å²) < 4.78 is 2.98. The van der Waals surface area contributed by atoms with Crippen molar-refractivity contribution in [2.24, 2.45) is 0 Å². The summed E-state index contributed by atoms with van der Waals surface area (Å²) in [7, 11) is 0. The van der Waals surface area contributed by atoms with Crippen molar-refractivity contribution in [2.75, 3.05) is 0 Å². The van der Waals surface area contributed by atoms with Crippen molar-refractivity contribution in [1.29, 1.82) is 5.26 Å². The van der Waals surface area contributed by atoms with E-state index in [0.717, 1.165) is 22.2 Å². The van der Waals surface area contributed by atoms with Gasteiger partial charge in [0.05, 0.1) is 16.6 Å². The molecule has 0 atom stereocenters. The summed E-state index contributed by atoms with van der Waals surface area (Å²) in [5, 5.41) is 9.15. The highest BCUT2D eigenvalue weighted by Crippen LogP contribution is 2.44. The lowest BCUT2D eigenvalue weighted by atomic mass is 9.74. The quantitative estimate of drug-likeness (QED) is 0.830. The number of nitrogens with zero attached hydrogens (tertiary/aromatic N) is 2. The van der Waals surface area contributed by atoms with Gasteiger partial charge in [-0.25, -0.2) is 0 Å². The maximum atomic E-state index is 9.15. The Morgan fingerprint density at radius 1 is 1.50 bits per heavy atom. The Morgan fingerprint density at radius 3 is 2.83 bits per heavy atom. The van der Waals surface area contributed by atoms with E-state index >= 15 is 0 Å². The van der Waals surface area contributed by atoms with Crippen LogP contribution in [-0.4, -0.2) is 9.55 Å². The molecule has 2 aromatic rings. The maximum absolute atomic E-state index is 9.15. The van der Waals surface area contributed by atoms with Gasteiger partial charge in [0.25, 0.3) is 0 Å². The molecule has 1 fully saturated rings. The number of nitriles is 1. The van der Waals surface area contributed by atoms with Gasteiger partial charge in [-0.3, -0.25) is 0 Å². The van der Waals surface area contributed by atoms with E-state index in [9.17, 15) is 0 Å². The molecule has 0 unspecified atom stereocenters. The van der Waals surface area contributed by atoms with Gasteiger partial charge in [0.2, 0.25) is 0 Å². The average Bonchev–Trinajstić information content (AvgIpc) is 2.66. The van der Waals surface area contributed by atoms with E-state index in [4.69, 9.17) is 17.5 Å². The molecule has 1 saturated carbocycles. The van der Waals surface area contributed by atoms with Crippen LogP contribution in [0.15, 0.2) is 18.2 Å². The molecule has 0 aliphatic heterocycles. The highest BCUT2D eigenvalue weighted by atomic mass is 32.1. The Hall–Kier alpha value is -1.60. The van der Waals surface area contributed by atoms with Crippen LogP contribution in [0.2, 0.25) is 0 Å². The number of rotatable bonds is 2. The number of imidazole rings is 1. The average molecular weight is 257 g/mol. The predicted molar refractivity (Wildman–Crippen MR) is 74.0 cm³/mol. The third-order valence-electron chi connectivity index (χ3n) is 4.26. The largest absolute Gasteiger partial charge is 0.329 e. The van der Waals surface area contributed by atoms with E-state index in [1.54, 1.807) is 0 Å². The number of H-pyrrole nitrogens is 1. The van der Waals surface area contributed by atoms with Crippen LogP contribution in [0.1, 0.15) is 38.2 Å². The van der Waals surface area contributed by atoms with Gasteiger partial charge in [0.15, 0.2) is 4.77 Å². The smallest absolute Gasteiger partial charge is 0.178 e. The van der Waals surface area contributed by atoms with Gasteiger partial charge in [-0.15, -0.1) is 0 Å². The van der Waals surface area contributed by atoms with Crippen LogP contribution in [0.25, 0.3) is 11.0 Å². The number of hydrogen-bond acceptors (Lipinski definition) is 2. The van der Waals surface area contributed by atoms with Crippen molar-refractivity contribution in [3.63, 3.8) is 0 Å². The highest BCUT2D eigenvalue weighted by Gasteiger charge is 2.38. The molecule has 0 amide bonds. The fourth-order valence-corrected chi connectivity index (χ4v) is 3.41. The minimum Gasteiger partial charge on any atom is -0.329 e. The van der Waals surface area contributed by atoms with Gasteiger partial charge in [-0.05, 0) is 50.0 Å². The second-order valence-electron chi connectivity index (χ2n) is 5.01. The van der Waals surface area contributed by atoms with E-state index in [-0.39, 0.29) is 5.54 Å². The number of aromatic amines is 1. The van der Waals surface area contributed by atoms with Crippen molar-refractivity contribution in [3.8, 4) is 6.07 Å². The third-order valence-corrected chi connectivity index (χ3v) is 4.54. The molecule has 0 spiro atoms. The second kappa shape index (κ2) is 3.96. The van der Waals surface area contributed by atoms with Crippen LogP contribution >= 0.6 is 12.2 Å². The van der Waals surface area contributed by atoms with Crippen LogP contribution in [0.5, 0.6) is 0 Å². The van der Waals surface area contributed by atoms with Crippen molar-refractivity contribution < 1.29 is 0 Å². The molecule has 1 aromatic heterocycles. The first-order valence-corrected chi connectivity index (χ1v) is 6.77. The molecule has 3 nitrogen and oxygen atoms in total. The SMILES string of the molecule is CCC1(n2c(=S)[nH]c3c(C#N)cccc32)CCC1. The lowest BCUT2D eigenvalue weighted by molar-refractivity contribution is 0.140. The molecule has 0 radical (unpaired) electrons. The fraction of sp³-hybridized carbons (Fsp3) is 0.429. The Balaban J connectivity index is 2.34. The fourth-order valence-electron chi connectivity index (χ4n) is 3.01. The topological polar surface area (TPSA) is 44.5 Å². The van der Waals surface area contributed by atoms with E-state index in [0.29, 0.717) is 5.56 Å². The molecule has 92 valence electrons. The van der Waals surface area contributed by atoms with E-state index in [1.165, 1.54) is 19.3 Å². The van der Waals surface area contributed by atoms with Crippen LogP contribution in [-0.2, 0) is 5.54 Å². The first kappa shape index (κ1) is 11.5. The Labute approximate surface area is 111 Å². The first-order valence-electron chi connectivity index (χ1n) is 6.36. The molecular weight excluding hydrogens is 242 g/mol. The zero-order chi connectivity index (χ0) is 12.8. The van der Waals surface area contributed by atoms with Gasteiger partial charge >= 0.3 is 0 Å². The lowest BCUT2D eigenvalue weighted by Gasteiger charge is -2.43. The minimum absolute atomic E-state index is 0.170. The zero-order valence-corrected chi connectivity index (χ0v) is 11.2. The normalized spacial score (nSPS) is 17.3. The van der Waals surface area contributed by atoms with Gasteiger partial charge in [-0.1, -0.05) is 13.0 Å². The Kier molecular flexibility index (Phi) is 2.53. The summed E-state index contributed by atoms with van der Waals surface area (Å²) in [4.78, 5) is 3.21. The van der Waals surface area contributed by atoms with E-state index in [2.05, 4.69) is 28.6 Å². The summed E-state index contributed by atoms with van der Waals surface area (Å²) in [6.07, 6.45) is 4.72. The molecule has 1 N–H and O–H groups in total. The third kappa shape index (κ3) is 1.37. The second-order valence-corrected chi connectivity index (χ2v) is 5.40. The molecule has 1 aliphatic rings. The molecule has 1 aliphatic carbocycles. The highest BCUT2D eigenvalue weighted by molar-refractivity contribution is 7.71. The zero-order valence-electron chi connectivity index (χ0n) is 10.4.